The van der Waals surface area contributed by atoms with Gasteiger partial charge in [-0.1, -0.05) is 67.6 Å². The first kappa shape index (κ1) is 16.2. The molecule has 0 aliphatic carbocycles. The predicted octanol–water partition coefficient (Wildman–Crippen LogP) is 3.08. The summed E-state index contributed by atoms with van der Waals surface area (Å²) in [5.41, 5.74) is 2.40. The Morgan fingerprint density at radius 1 is 0.955 bits per heavy atom. The summed E-state index contributed by atoms with van der Waals surface area (Å²) in [5, 5.41) is 6.27. The van der Waals surface area contributed by atoms with Gasteiger partial charge in [0.1, 0.15) is 0 Å². The average molecular weight is 296 g/mol. The molecule has 2 unspecified atom stereocenters. The van der Waals surface area contributed by atoms with Crippen molar-refractivity contribution in [3.05, 3.63) is 71.8 Å². The van der Waals surface area contributed by atoms with E-state index >= 15 is 0 Å². The maximum absolute atomic E-state index is 12.1. The van der Waals surface area contributed by atoms with Gasteiger partial charge in [-0.2, -0.15) is 0 Å². The van der Waals surface area contributed by atoms with Crippen molar-refractivity contribution in [2.75, 3.05) is 6.54 Å². The highest BCUT2D eigenvalue weighted by Gasteiger charge is 2.13. The van der Waals surface area contributed by atoms with Gasteiger partial charge in [0.05, 0.1) is 6.04 Å². The third kappa shape index (κ3) is 5.01. The molecule has 22 heavy (non-hydrogen) atoms. The molecule has 0 aromatic heterocycles. The van der Waals surface area contributed by atoms with E-state index < -0.39 is 0 Å². The number of carbonyl (C=O) groups excluding carboxylic acids is 1. The Kier molecular flexibility index (Phi) is 6.16. The van der Waals surface area contributed by atoms with Gasteiger partial charge in [-0.15, -0.1) is 0 Å². The third-order valence-corrected chi connectivity index (χ3v) is 3.80. The van der Waals surface area contributed by atoms with Gasteiger partial charge in [0, 0.05) is 13.1 Å². The van der Waals surface area contributed by atoms with E-state index in [4.69, 9.17) is 0 Å². The number of benzene rings is 2. The van der Waals surface area contributed by atoms with E-state index in [1.165, 1.54) is 5.56 Å². The minimum Gasteiger partial charge on any atom is -0.351 e. The van der Waals surface area contributed by atoms with E-state index in [-0.39, 0.29) is 11.9 Å². The lowest BCUT2D eigenvalue weighted by Crippen LogP contribution is -2.43. The Morgan fingerprint density at radius 3 is 2.18 bits per heavy atom. The minimum atomic E-state index is -0.199. The maximum Gasteiger partial charge on any atom is 0.237 e. The first-order valence-electron chi connectivity index (χ1n) is 7.77. The molecule has 0 spiro atoms. The van der Waals surface area contributed by atoms with Gasteiger partial charge < -0.3 is 10.6 Å². The van der Waals surface area contributed by atoms with Crippen LogP contribution in [0.1, 0.15) is 30.9 Å². The number of amides is 1. The number of hydrogen-bond acceptors (Lipinski definition) is 2. The van der Waals surface area contributed by atoms with Crippen LogP contribution in [0.5, 0.6) is 0 Å². The minimum absolute atomic E-state index is 0.0316. The zero-order valence-electron chi connectivity index (χ0n) is 13.3. The molecule has 0 radical (unpaired) electrons. The molecule has 1 amide bonds. The van der Waals surface area contributed by atoms with Crippen molar-refractivity contribution in [2.45, 2.75) is 32.4 Å². The second-order valence-corrected chi connectivity index (χ2v) is 5.65. The van der Waals surface area contributed by atoms with Crippen LogP contribution in [-0.2, 0) is 11.3 Å². The maximum atomic E-state index is 12.1. The summed E-state index contributed by atoms with van der Waals surface area (Å²) in [6.45, 7) is 5.42. The van der Waals surface area contributed by atoms with Gasteiger partial charge in [0.15, 0.2) is 0 Å². The first-order chi connectivity index (χ1) is 10.7. The highest BCUT2D eigenvalue weighted by atomic mass is 16.2. The van der Waals surface area contributed by atoms with E-state index in [1.54, 1.807) is 0 Å². The molecule has 2 N–H and O–H groups in total. The summed E-state index contributed by atoms with van der Waals surface area (Å²) >= 11 is 0. The molecule has 3 heteroatoms. The predicted molar refractivity (Wildman–Crippen MR) is 90.6 cm³/mol. The topological polar surface area (TPSA) is 41.1 Å². The van der Waals surface area contributed by atoms with Crippen molar-refractivity contribution in [3.8, 4) is 0 Å². The fourth-order valence-electron chi connectivity index (χ4n) is 2.28. The van der Waals surface area contributed by atoms with Gasteiger partial charge in [-0.25, -0.2) is 0 Å². The Labute approximate surface area is 132 Å². The van der Waals surface area contributed by atoms with Crippen LogP contribution >= 0.6 is 0 Å². The molecule has 3 nitrogen and oxygen atoms in total. The number of nitrogens with one attached hydrogen (secondary N) is 2. The first-order valence-corrected chi connectivity index (χ1v) is 7.77. The molecule has 0 fully saturated rings. The van der Waals surface area contributed by atoms with Crippen molar-refractivity contribution in [2.24, 2.45) is 0 Å². The zero-order chi connectivity index (χ0) is 15.8. The molecule has 0 saturated heterocycles. The molecular weight excluding hydrogens is 272 g/mol. The Morgan fingerprint density at radius 2 is 1.55 bits per heavy atom. The molecule has 0 saturated carbocycles. The van der Waals surface area contributed by atoms with Crippen LogP contribution in [0.3, 0.4) is 0 Å². The molecule has 2 rings (SSSR count). The van der Waals surface area contributed by atoms with Gasteiger partial charge in [0.25, 0.3) is 0 Å². The van der Waals surface area contributed by atoms with Gasteiger partial charge in [0.2, 0.25) is 5.91 Å². The van der Waals surface area contributed by atoms with Crippen molar-refractivity contribution in [1.29, 1.82) is 0 Å². The molecule has 2 aromatic rings. The molecule has 2 atom stereocenters. The second-order valence-electron chi connectivity index (χ2n) is 5.65. The van der Waals surface area contributed by atoms with Gasteiger partial charge >= 0.3 is 0 Å². The number of rotatable bonds is 7. The summed E-state index contributed by atoms with van der Waals surface area (Å²) in [6, 6.07) is 20.1. The summed E-state index contributed by atoms with van der Waals surface area (Å²) < 4.78 is 0. The largest absolute Gasteiger partial charge is 0.351 e. The van der Waals surface area contributed by atoms with Crippen molar-refractivity contribution in [1.82, 2.24) is 10.6 Å². The summed E-state index contributed by atoms with van der Waals surface area (Å²) in [4.78, 5) is 12.1. The van der Waals surface area contributed by atoms with E-state index in [2.05, 4.69) is 29.7 Å². The fourth-order valence-corrected chi connectivity index (χ4v) is 2.28. The Hall–Kier alpha value is -2.13. The molecule has 0 aliphatic heterocycles. The van der Waals surface area contributed by atoms with Gasteiger partial charge in [-0.05, 0) is 24.0 Å². The number of carbonyl (C=O) groups is 1. The quantitative estimate of drug-likeness (QED) is 0.824. The van der Waals surface area contributed by atoms with Crippen LogP contribution in [0, 0.1) is 0 Å². The van der Waals surface area contributed by atoms with E-state index in [0.717, 1.165) is 12.1 Å². The molecular formula is C19H24N2O. The molecule has 0 heterocycles. The molecule has 0 aliphatic rings. The van der Waals surface area contributed by atoms with Crippen molar-refractivity contribution < 1.29 is 4.79 Å². The monoisotopic (exact) mass is 296 g/mol. The molecule has 2 aromatic carbocycles. The van der Waals surface area contributed by atoms with Crippen molar-refractivity contribution in [3.63, 3.8) is 0 Å². The number of hydrogen-bond donors (Lipinski definition) is 2. The van der Waals surface area contributed by atoms with E-state index in [9.17, 15) is 4.79 Å². The normalized spacial score (nSPS) is 13.4. The highest BCUT2D eigenvalue weighted by Crippen LogP contribution is 2.13. The lowest BCUT2D eigenvalue weighted by Gasteiger charge is -2.18. The lowest BCUT2D eigenvalue weighted by atomic mass is 10.0. The highest BCUT2D eigenvalue weighted by molar-refractivity contribution is 5.81. The lowest BCUT2D eigenvalue weighted by molar-refractivity contribution is -0.122. The van der Waals surface area contributed by atoms with Crippen LogP contribution in [0.15, 0.2) is 60.7 Å². The zero-order valence-corrected chi connectivity index (χ0v) is 13.3. The van der Waals surface area contributed by atoms with E-state index in [1.807, 2.05) is 55.5 Å². The van der Waals surface area contributed by atoms with Crippen LogP contribution in [0.25, 0.3) is 0 Å². The molecule has 116 valence electrons. The van der Waals surface area contributed by atoms with Crippen LogP contribution in [0.4, 0.5) is 0 Å². The smallest absolute Gasteiger partial charge is 0.237 e. The third-order valence-electron chi connectivity index (χ3n) is 3.80. The summed E-state index contributed by atoms with van der Waals surface area (Å²) in [7, 11) is 0. The van der Waals surface area contributed by atoms with E-state index in [0.29, 0.717) is 12.5 Å². The summed E-state index contributed by atoms with van der Waals surface area (Å²) in [6.07, 6.45) is 0. The van der Waals surface area contributed by atoms with Crippen LogP contribution in [-0.4, -0.2) is 18.5 Å². The average Bonchev–Trinajstić information content (AvgIpc) is 2.58. The fraction of sp³-hybridized carbons (Fsp3) is 0.316. The Bertz CT molecular complexity index is 569. The van der Waals surface area contributed by atoms with Crippen molar-refractivity contribution >= 4 is 5.91 Å². The van der Waals surface area contributed by atoms with Crippen LogP contribution < -0.4 is 10.6 Å². The standard InChI is InChI=1S/C19H24N2O/c1-15(18-11-7-4-8-12-18)13-20-16(2)19(22)21-14-17-9-5-3-6-10-17/h3-12,15-16,20H,13-14H2,1-2H3,(H,21,22). The summed E-state index contributed by atoms with van der Waals surface area (Å²) in [5.74, 6) is 0.412. The SMILES string of the molecule is CC(NCC(C)c1ccccc1)C(=O)NCc1ccccc1. The Balaban J connectivity index is 1.74. The van der Waals surface area contributed by atoms with Gasteiger partial charge in [-0.3, -0.25) is 4.79 Å². The molecule has 0 bridgehead atoms. The van der Waals surface area contributed by atoms with Crippen LogP contribution in [0.2, 0.25) is 0 Å². The second kappa shape index (κ2) is 8.35.